The highest BCUT2D eigenvalue weighted by molar-refractivity contribution is 4.95. The predicted octanol–water partition coefficient (Wildman–Crippen LogP) is 1.29. The van der Waals surface area contributed by atoms with E-state index in [0.29, 0.717) is 0 Å². The molecule has 0 unspecified atom stereocenters. The van der Waals surface area contributed by atoms with E-state index in [2.05, 4.69) is 6.58 Å². The van der Waals surface area contributed by atoms with Gasteiger partial charge in [-0.25, -0.2) is 8.78 Å². The van der Waals surface area contributed by atoms with Gasteiger partial charge in [-0.3, -0.25) is 0 Å². The van der Waals surface area contributed by atoms with Crippen LogP contribution in [0.4, 0.5) is 8.78 Å². The highest BCUT2D eigenvalue weighted by atomic mass is 19.3. The van der Waals surface area contributed by atoms with E-state index in [0.717, 1.165) is 0 Å². The number of aliphatic hydroxyl groups is 2. The number of halogens is 2. The van der Waals surface area contributed by atoms with E-state index in [1.165, 1.54) is 6.08 Å². The summed E-state index contributed by atoms with van der Waals surface area (Å²) in [5, 5.41) is 18.4. The third kappa shape index (κ3) is 1.81. The first kappa shape index (κ1) is 9.61. The average molecular weight is 178 g/mol. The van der Waals surface area contributed by atoms with Gasteiger partial charge in [0.25, 0.3) is 0 Å². The van der Waals surface area contributed by atoms with Gasteiger partial charge in [-0.1, -0.05) is 6.08 Å². The minimum absolute atomic E-state index is 0.0618. The summed E-state index contributed by atoms with van der Waals surface area (Å²) in [5.74, 6) is -5.42. The Kier molecular flexibility index (Phi) is 2.23. The molecule has 1 rings (SSSR count). The summed E-state index contributed by atoms with van der Waals surface area (Å²) in [7, 11) is 0. The highest BCUT2D eigenvalue weighted by Crippen LogP contribution is 2.47. The second-order valence-corrected chi connectivity index (χ2v) is 3.33. The van der Waals surface area contributed by atoms with Crippen LogP contribution in [0, 0.1) is 5.92 Å². The number of rotatable bonds is 3. The van der Waals surface area contributed by atoms with Gasteiger partial charge >= 0.3 is 0 Å². The van der Waals surface area contributed by atoms with Crippen LogP contribution in [0.3, 0.4) is 0 Å². The van der Waals surface area contributed by atoms with Crippen molar-refractivity contribution < 1.29 is 19.0 Å². The van der Waals surface area contributed by atoms with E-state index in [1.54, 1.807) is 0 Å². The molecule has 2 N–H and O–H groups in total. The number of alkyl halides is 2. The molecule has 0 aliphatic heterocycles. The summed E-state index contributed by atoms with van der Waals surface area (Å²) < 4.78 is 24.6. The van der Waals surface area contributed by atoms with E-state index in [-0.39, 0.29) is 6.42 Å². The molecule has 0 aromatic rings. The number of hydrogen-bond acceptors (Lipinski definition) is 2. The summed E-state index contributed by atoms with van der Waals surface area (Å²) in [6.07, 6.45) is 0.381. The Morgan fingerprint density at radius 1 is 1.50 bits per heavy atom. The van der Waals surface area contributed by atoms with Crippen LogP contribution >= 0.6 is 0 Å². The minimum atomic E-state index is -2.71. The average Bonchev–Trinajstić information content (AvgIpc) is 1.82. The molecule has 4 heteroatoms. The molecule has 1 fully saturated rings. The molecule has 1 aliphatic rings. The molecule has 1 saturated carbocycles. The Balaban J connectivity index is 2.45. The molecule has 0 atom stereocenters. The zero-order valence-electron chi connectivity index (χ0n) is 6.63. The van der Waals surface area contributed by atoms with E-state index in [4.69, 9.17) is 0 Å². The topological polar surface area (TPSA) is 40.5 Å². The van der Waals surface area contributed by atoms with Crippen LogP contribution in [0.15, 0.2) is 12.7 Å². The molecule has 0 radical (unpaired) electrons. The SMILES string of the molecule is C=CCC(O)(O)C1CC(F)(F)C1. The van der Waals surface area contributed by atoms with Gasteiger partial charge in [0.1, 0.15) is 0 Å². The van der Waals surface area contributed by atoms with Crippen LogP contribution < -0.4 is 0 Å². The lowest BCUT2D eigenvalue weighted by molar-refractivity contribution is -0.262. The van der Waals surface area contributed by atoms with Gasteiger partial charge in [0.2, 0.25) is 5.92 Å². The molecule has 0 amide bonds. The molecular formula is C8H12F2O2. The highest BCUT2D eigenvalue weighted by Gasteiger charge is 2.53. The van der Waals surface area contributed by atoms with Crippen LogP contribution in [0.2, 0.25) is 0 Å². The van der Waals surface area contributed by atoms with Gasteiger partial charge < -0.3 is 10.2 Å². The molecular weight excluding hydrogens is 166 g/mol. The van der Waals surface area contributed by atoms with Crippen LogP contribution in [0.25, 0.3) is 0 Å². The van der Waals surface area contributed by atoms with E-state index >= 15 is 0 Å². The Labute approximate surface area is 69.5 Å². The zero-order chi connectivity index (χ0) is 9.41. The maximum Gasteiger partial charge on any atom is 0.249 e. The minimum Gasteiger partial charge on any atom is -0.365 e. The van der Waals surface area contributed by atoms with Crippen molar-refractivity contribution in [1.82, 2.24) is 0 Å². The number of hydrogen-bond donors (Lipinski definition) is 2. The van der Waals surface area contributed by atoms with Crippen molar-refractivity contribution in [1.29, 1.82) is 0 Å². The molecule has 12 heavy (non-hydrogen) atoms. The van der Waals surface area contributed by atoms with E-state index in [1.807, 2.05) is 0 Å². The summed E-state index contributed by atoms with van der Waals surface area (Å²) in [4.78, 5) is 0. The van der Waals surface area contributed by atoms with E-state index in [9.17, 15) is 19.0 Å². The van der Waals surface area contributed by atoms with Crippen molar-refractivity contribution in [3.05, 3.63) is 12.7 Å². The molecule has 0 spiro atoms. The zero-order valence-corrected chi connectivity index (χ0v) is 6.63. The summed E-state index contributed by atoms with van der Waals surface area (Å²) >= 11 is 0. The Hall–Kier alpha value is -0.480. The summed E-state index contributed by atoms with van der Waals surface area (Å²) in [6.45, 7) is 3.32. The second-order valence-electron chi connectivity index (χ2n) is 3.33. The third-order valence-corrected chi connectivity index (χ3v) is 2.19. The normalized spacial score (nSPS) is 23.3. The van der Waals surface area contributed by atoms with Crippen LogP contribution in [-0.2, 0) is 0 Å². The van der Waals surface area contributed by atoms with Crippen molar-refractivity contribution >= 4 is 0 Å². The smallest absolute Gasteiger partial charge is 0.249 e. The molecule has 70 valence electrons. The van der Waals surface area contributed by atoms with Crippen LogP contribution in [-0.4, -0.2) is 21.9 Å². The van der Waals surface area contributed by atoms with Crippen LogP contribution in [0.1, 0.15) is 19.3 Å². The molecule has 0 saturated heterocycles. The van der Waals surface area contributed by atoms with Crippen molar-refractivity contribution in [3.63, 3.8) is 0 Å². The first-order valence-electron chi connectivity index (χ1n) is 3.81. The second kappa shape index (κ2) is 2.78. The fourth-order valence-corrected chi connectivity index (χ4v) is 1.37. The summed E-state index contributed by atoms with van der Waals surface area (Å²) in [5.41, 5.74) is 0. The fourth-order valence-electron chi connectivity index (χ4n) is 1.37. The van der Waals surface area contributed by atoms with Gasteiger partial charge in [-0.15, -0.1) is 6.58 Å². The maximum absolute atomic E-state index is 12.3. The first-order chi connectivity index (χ1) is 5.37. The molecule has 0 bridgehead atoms. The monoisotopic (exact) mass is 178 g/mol. The Morgan fingerprint density at radius 3 is 2.33 bits per heavy atom. The lowest BCUT2D eigenvalue weighted by Gasteiger charge is -2.42. The molecule has 0 aromatic heterocycles. The molecule has 2 nitrogen and oxygen atoms in total. The van der Waals surface area contributed by atoms with Gasteiger partial charge in [0.15, 0.2) is 5.79 Å². The third-order valence-electron chi connectivity index (χ3n) is 2.19. The van der Waals surface area contributed by atoms with Crippen LogP contribution in [0.5, 0.6) is 0 Å². The lowest BCUT2D eigenvalue weighted by atomic mass is 9.74. The summed E-state index contributed by atoms with van der Waals surface area (Å²) in [6, 6.07) is 0. The van der Waals surface area contributed by atoms with Crippen molar-refractivity contribution in [2.45, 2.75) is 31.0 Å². The molecule has 0 heterocycles. The molecule has 0 aromatic carbocycles. The van der Waals surface area contributed by atoms with Gasteiger partial charge in [-0.2, -0.15) is 0 Å². The van der Waals surface area contributed by atoms with Crippen molar-refractivity contribution in [2.75, 3.05) is 0 Å². The Bertz CT molecular complexity index is 181. The Morgan fingerprint density at radius 2 is 2.00 bits per heavy atom. The largest absolute Gasteiger partial charge is 0.365 e. The first-order valence-corrected chi connectivity index (χ1v) is 3.81. The molecule has 1 aliphatic carbocycles. The quantitative estimate of drug-likeness (QED) is 0.505. The van der Waals surface area contributed by atoms with Crippen molar-refractivity contribution in [3.8, 4) is 0 Å². The van der Waals surface area contributed by atoms with Gasteiger partial charge in [0, 0.05) is 25.2 Å². The van der Waals surface area contributed by atoms with E-state index < -0.39 is 30.5 Å². The predicted molar refractivity (Wildman–Crippen MR) is 39.7 cm³/mol. The standard InChI is InChI=1S/C8H12F2O2/c1-2-3-8(11,12)6-4-7(9,10)5-6/h2,6,11-12H,1,3-5H2. The maximum atomic E-state index is 12.3. The lowest BCUT2D eigenvalue weighted by Crippen LogP contribution is -2.50. The van der Waals surface area contributed by atoms with Gasteiger partial charge in [0.05, 0.1) is 0 Å². The van der Waals surface area contributed by atoms with Gasteiger partial charge in [-0.05, 0) is 0 Å². The fraction of sp³-hybridized carbons (Fsp3) is 0.750. The van der Waals surface area contributed by atoms with Crippen molar-refractivity contribution in [2.24, 2.45) is 5.92 Å².